The number of halogens is 1. The number of carbonyl (C=O) groups is 1. The Hall–Kier alpha value is -1.29. The lowest BCUT2D eigenvalue weighted by molar-refractivity contribution is -0.131. The quantitative estimate of drug-likeness (QED) is 0.842. The Labute approximate surface area is 121 Å². The third kappa shape index (κ3) is 4.39. The molecule has 4 heteroatoms. The van der Waals surface area contributed by atoms with Crippen LogP contribution in [0.5, 0.6) is 5.75 Å². The number of carboxylic acid groups (broad SMARTS) is 1. The molecule has 1 aliphatic carbocycles. The highest BCUT2D eigenvalue weighted by Gasteiger charge is 2.15. The van der Waals surface area contributed by atoms with Crippen LogP contribution in [0.25, 0.3) is 6.08 Å². The van der Waals surface area contributed by atoms with E-state index in [0.29, 0.717) is 6.10 Å². The first-order valence-electron chi connectivity index (χ1n) is 6.52. The van der Waals surface area contributed by atoms with Gasteiger partial charge < -0.3 is 9.84 Å². The van der Waals surface area contributed by atoms with Crippen molar-refractivity contribution in [3.63, 3.8) is 0 Å². The summed E-state index contributed by atoms with van der Waals surface area (Å²) in [6, 6.07) is 5.68. The van der Waals surface area contributed by atoms with Gasteiger partial charge in [0.15, 0.2) is 0 Å². The van der Waals surface area contributed by atoms with Crippen LogP contribution in [0.15, 0.2) is 28.7 Å². The summed E-state index contributed by atoms with van der Waals surface area (Å²) in [5.41, 5.74) is 0.815. The monoisotopic (exact) mass is 324 g/mol. The highest BCUT2D eigenvalue weighted by molar-refractivity contribution is 9.10. The Morgan fingerprint density at radius 3 is 2.74 bits per heavy atom. The minimum Gasteiger partial charge on any atom is -0.490 e. The maximum Gasteiger partial charge on any atom is 0.328 e. The minimum atomic E-state index is -0.953. The molecule has 1 N–H and O–H groups in total. The second-order valence-corrected chi connectivity index (χ2v) is 5.59. The zero-order chi connectivity index (χ0) is 13.7. The van der Waals surface area contributed by atoms with Gasteiger partial charge in [-0.1, -0.05) is 22.4 Å². The van der Waals surface area contributed by atoms with Crippen LogP contribution < -0.4 is 4.74 Å². The number of benzene rings is 1. The number of hydrogen-bond acceptors (Lipinski definition) is 2. The van der Waals surface area contributed by atoms with Crippen LogP contribution in [0.1, 0.15) is 37.7 Å². The predicted molar refractivity (Wildman–Crippen MR) is 78.3 cm³/mol. The van der Waals surface area contributed by atoms with Gasteiger partial charge in [0, 0.05) is 10.5 Å². The minimum absolute atomic E-state index is 0.297. The SMILES string of the molecule is O=C(O)/C=C/c1cc(OC2CCCCC2)ccc1Br. The van der Waals surface area contributed by atoms with Gasteiger partial charge in [-0.15, -0.1) is 0 Å². The van der Waals surface area contributed by atoms with E-state index in [-0.39, 0.29) is 0 Å². The molecule has 0 bridgehead atoms. The average Bonchev–Trinajstić information content (AvgIpc) is 2.40. The standard InChI is InChI=1S/C15H17BrO3/c16-14-8-7-13(10-11(14)6-9-15(17)18)19-12-4-2-1-3-5-12/h6-10,12H,1-5H2,(H,17,18)/b9-6+. The molecule has 1 saturated carbocycles. The molecule has 0 saturated heterocycles. The highest BCUT2D eigenvalue weighted by atomic mass is 79.9. The van der Waals surface area contributed by atoms with E-state index in [0.717, 1.165) is 34.7 Å². The van der Waals surface area contributed by atoms with E-state index in [1.807, 2.05) is 18.2 Å². The molecule has 19 heavy (non-hydrogen) atoms. The van der Waals surface area contributed by atoms with Crippen LogP contribution in [0, 0.1) is 0 Å². The Kier molecular flexibility index (Phi) is 5.02. The van der Waals surface area contributed by atoms with Gasteiger partial charge in [-0.25, -0.2) is 4.79 Å². The van der Waals surface area contributed by atoms with Crippen LogP contribution in [0.4, 0.5) is 0 Å². The van der Waals surface area contributed by atoms with E-state index >= 15 is 0 Å². The molecule has 1 aromatic carbocycles. The fourth-order valence-electron chi connectivity index (χ4n) is 2.26. The van der Waals surface area contributed by atoms with E-state index in [9.17, 15) is 4.79 Å². The lowest BCUT2D eigenvalue weighted by Crippen LogP contribution is -2.19. The Bertz CT molecular complexity index is 476. The lowest BCUT2D eigenvalue weighted by atomic mass is 9.98. The summed E-state index contributed by atoms with van der Waals surface area (Å²) in [7, 11) is 0. The first-order valence-corrected chi connectivity index (χ1v) is 7.31. The van der Waals surface area contributed by atoms with Gasteiger partial charge in [-0.2, -0.15) is 0 Å². The number of rotatable bonds is 4. The van der Waals surface area contributed by atoms with Crippen LogP contribution in [-0.4, -0.2) is 17.2 Å². The largest absolute Gasteiger partial charge is 0.490 e. The normalized spacial score (nSPS) is 16.7. The molecule has 0 aromatic heterocycles. The molecule has 0 atom stereocenters. The van der Waals surface area contributed by atoms with Crippen LogP contribution in [0.3, 0.4) is 0 Å². The number of ether oxygens (including phenoxy) is 1. The van der Waals surface area contributed by atoms with Crippen molar-refractivity contribution >= 4 is 28.0 Å². The third-order valence-corrected chi connectivity index (χ3v) is 3.95. The second kappa shape index (κ2) is 6.75. The summed E-state index contributed by atoms with van der Waals surface area (Å²) >= 11 is 3.41. The van der Waals surface area contributed by atoms with Crippen LogP contribution in [0.2, 0.25) is 0 Å². The van der Waals surface area contributed by atoms with Crippen molar-refractivity contribution in [3.05, 3.63) is 34.3 Å². The molecule has 102 valence electrons. The molecule has 1 aliphatic rings. The van der Waals surface area contributed by atoms with Gasteiger partial charge in [0.1, 0.15) is 5.75 Å². The predicted octanol–water partition coefficient (Wildman–Crippen LogP) is 4.26. The van der Waals surface area contributed by atoms with E-state index in [2.05, 4.69) is 15.9 Å². The van der Waals surface area contributed by atoms with Crippen LogP contribution >= 0.6 is 15.9 Å². The molecule has 0 aliphatic heterocycles. The van der Waals surface area contributed by atoms with Gasteiger partial charge in [-0.3, -0.25) is 0 Å². The molecule has 1 fully saturated rings. The Balaban J connectivity index is 2.08. The van der Waals surface area contributed by atoms with E-state index in [1.54, 1.807) is 6.08 Å². The molecule has 0 amide bonds. The van der Waals surface area contributed by atoms with Gasteiger partial charge in [0.25, 0.3) is 0 Å². The van der Waals surface area contributed by atoms with Crippen molar-refractivity contribution in [3.8, 4) is 5.75 Å². The van der Waals surface area contributed by atoms with Gasteiger partial charge in [0.05, 0.1) is 6.10 Å². The maximum absolute atomic E-state index is 10.6. The molecule has 0 heterocycles. The Morgan fingerprint density at radius 1 is 1.32 bits per heavy atom. The van der Waals surface area contributed by atoms with Gasteiger partial charge in [-0.05, 0) is 55.5 Å². The van der Waals surface area contributed by atoms with E-state index < -0.39 is 5.97 Å². The molecule has 0 spiro atoms. The summed E-state index contributed by atoms with van der Waals surface area (Å²) in [6.45, 7) is 0. The smallest absolute Gasteiger partial charge is 0.328 e. The Morgan fingerprint density at radius 2 is 2.05 bits per heavy atom. The average molecular weight is 325 g/mol. The van der Waals surface area contributed by atoms with Crippen molar-refractivity contribution in [2.75, 3.05) is 0 Å². The molecule has 2 rings (SSSR count). The zero-order valence-corrected chi connectivity index (χ0v) is 12.2. The number of carboxylic acids is 1. The summed E-state index contributed by atoms with van der Waals surface area (Å²) < 4.78 is 6.82. The van der Waals surface area contributed by atoms with Crippen molar-refractivity contribution in [1.29, 1.82) is 0 Å². The highest BCUT2D eigenvalue weighted by Crippen LogP contribution is 2.27. The summed E-state index contributed by atoms with van der Waals surface area (Å²) in [5, 5.41) is 8.66. The molecule has 0 unspecified atom stereocenters. The van der Waals surface area contributed by atoms with Crippen molar-refractivity contribution in [2.24, 2.45) is 0 Å². The summed E-state index contributed by atoms with van der Waals surface area (Å²) in [5.74, 6) is -0.148. The van der Waals surface area contributed by atoms with Gasteiger partial charge >= 0.3 is 5.97 Å². The molecule has 0 radical (unpaired) electrons. The molecular formula is C15H17BrO3. The first-order chi connectivity index (χ1) is 9.15. The second-order valence-electron chi connectivity index (χ2n) is 4.73. The van der Waals surface area contributed by atoms with Crippen molar-refractivity contribution in [2.45, 2.75) is 38.2 Å². The topological polar surface area (TPSA) is 46.5 Å². The van der Waals surface area contributed by atoms with E-state index in [1.165, 1.54) is 19.3 Å². The van der Waals surface area contributed by atoms with Crippen molar-refractivity contribution < 1.29 is 14.6 Å². The molecule has 3 nitrogen and oxygen atoms in total. The number of aliphatic carboxylic acids is 1. The van der Waals surface area contributed by atoms with Crippen molar-refractivity contribution in [1.82, 2.24) is 0 Å². The number of hydrogen-bond donors (Lipinski definition) is 1. The van der Waals surface area contributed by atoms with Crippen LogP contribution in [-0.2, 0) is 4.79 Å². The molecular weight excluding hydrogens is 308 g/mol. The summed E-state index contributed by atoms with van der Waals surface area (Å²) in [6.07, 6.45) is 8.97. The van der Waals surface area contributed by atoms with E-state index in [4.69, 9.17) is 9.84 Å². The lowest BCUT2D eigenvalue weighted by Gasteiger charge is -2.23. The van der Waals surface area contributed by atoms with Gasteiger partial charge in [0.2, 0.25) is 0 Å². The summed E-state index contributed by atoms with van der Waals surface area (Å²) in [4.78, 5) is 10.6. The zero-order valence-electron chi connectivity index (χ0n) is 10.6. The fraction of sp³-hybridized carbons (Fsp3) is 0.400. The third-order valence-electron chi connectivity index (χ3n) is 3.23. The fourth-order valence-corrected chi connectivity index (χ4v) is 2.64. The maximum atomic E-state index is 10.6. The molecule has 1 aromatic rings. The first kappa shape index (κ1) is 14.1.